The maximum atomic E-state index is 6.68. The third-order valence-corrected chi connectivity index (χ3v) is 30.3. The zero-order valence-corrected chi connectivity index (χ0v) is 79.6. The van der Waals surface area contributed by atoms with Crippen LogP contribution in [0.2, 0.25) is 0 Å². The van der Waals surface area contributed by atoms with Crippen LogP contribution in [0.15, 0.2) is 535 Å². The fourth-order valence-electron chi connectivity index (χ4n) is 23.7. The molecular weight excluding hydrogens is 1790 g/mol. The summed E-state index contributed by atoms with van der Waals surface area (Å²) in [5, 5.41) is 21.4. The molecule has 0 radical (unpaired) electrons. The highest BCUT2D eigenvalue weighted by Gasteiger charge is 2.29. The van der Waals surface area contributed by atoms with E-state index in [-0.39, 0.29) is 0 Å². The highest BCUT2D eigenvalue weighted by Crippen LogP contribution is 2.50. The summed E-state index contributed by atoms with van der Waals surface area (Å²) in [5.74, 6) is 0. The standard InChI is InChI=1S/2C48H30N2O.C42H26N2O/c1-4-14-31(15-5-1)33-26-34(32-16-6-2-7-17-32)28-36(27-33)49-43-22-12-10-20-37(43)41-29-42-39-24-25-40-38-21-11-13-23-46(38)51-48(40)47(39)50(45(42)30-44(41)49)35-18-8-3-9-19-35;1-3-12-31(13-4-1)32-22-24-33(25-23-32)34-14-11-17-36(28-34)49-43-20-9-7-18-37(43)41-29-42-39-26-27-40-38-19-8-10-21-46(38)51-48(40)47(39)50(45(42)30-44(41)49)35-15-5-2-6-16-35;1-3-12-27(13-4-1)28-14-11-17-30(24-28)43-37-20-9-7-18-31(37)35-25-36-33-22-23-34-32-19-8-10-21-40(32)45-42(34)41(33)44(39(36)26-38(35)43)29-15-5-2-6-16-29/h2*1-30H;1-26H. The molecule has 686 valence electrons. The number of hydrogen-bond donors (Lipinski definition) is 0. The lowest BCUT2D eigenvalue weighted by Gasteiger charge is -2.14. The Morgan fingerprint density at radius 3 is 0.667 bits per heavy atom. The van der Waals surface area contributed by atoms with Gasteiger partial charge in [0.25, 0.3) is 0 Å². The van der Waals surface area contributed by atoms with Crippen molar-refractivity contribution < 1.29 is 13.3 Å². The van der Waals surface area contributed by atoms with E-state index in [0.717, 1.165) is 139 Å². The van der Waals surface area contributed by atoms with Crippen LogP contribution in [-0.4, -0.2) is 27.4 Å². The Balaban J connectivity index is 0.000000102. The van der Waals surface area contributed by atoms with Gasteiger partial charge in [-0.05, 0) is 225 Å². The second-order valence-corrected chi connectivity index (χ2v) is 38.5. The molecule has 0 aliphatic heterocycles. The molecule has 0 N–H and O–H groups in total. The second kappa shape index (κ2) is 33.5. The summed E-state index contributed by atoms with van der Waals surface area (Å²) < 4.78 is 34.4. The second-order valence-electron chi connectivity index (χ2n) is 38.5. The Labute approximate surface area is 842 Å². The minimum absolute atomic E-state index is 0.903. The maximum Gasteiger partial charge on any atom is 0.160 e. The highest BCUT2D eigenvalue weighted by atomic mass is 16.3. The van der Waals surface area contributed by atoms with Gasteiger partial charge in [0.05, 0.1) is 66.2 Å². The maximum absolute atomic E-state index is 6.68. The third-order valence-electron chi connectivity index (χ3n) is 30.3. The van der Waals surface area contributed by atoms with Crippen molar-refractivity contribution in [2.75, 3.05) is 0 Å². The summed E-state index contributed by atoms with van der Waals surface area (Å²) in [6.45, 7) is 0. The molecule has 9 aromatic heterocycles. The zero-order chi connectivity index (χ0) is 96.4. The van der Waals surface area contributed by atoms with Crippen LogP contribution in [0, 0.1) is 0 Å². The smallest absolute Gasteiger partial charge is 0.160 e. The Kier molecular flexibility index (Phi) is 18.9. The summed E-state index contributed by atoms with van der Waals surface area (Å²) in [4.78, 5) is 0. The lowest BCUT2D eigenvalue weighted by atomic mass is 9.98. The lowest BCUT2D eigenvalue weighted by Crippen LogP contribution is -1.97. The topological polar surface area (TPSA) is 69.0 Å². The Bertz CT molecular complexity index is 10900. The van der Waals surface area contributed by atoms with Crippen molar-refractivity contribution in [2.24, 2.45) is 0 Å². The molecule has 0 aliphatic rings. The molecule has 0 aliphatic carbocycles. The summed E-state index contributed by atoms with van der Waals surface area (Å²) >= 11 is 0. The van der Waals surface area contributed by atoms with E-state index < -0.39 is 0 Å². The van der Waals surface area contributed by atoms with Gasteiger partial charge in [-0.1, -0.05) is 352 Å². The molecule has 23 aromatic carbocycles. The molecule has 0 atom stereocenters. The quantitative estimate of drug-likeness (QED) is 0.130. The predicted octanol–water partition coefficient (Wildman–Crippen LogP) is 37.7. The first-order valence-corrected chi connectivity index (χ1v) is 50.2. The van der Waals surface area contributed by atoms with Crippen molar-refractivity contribution in [3.8, 4) is 89.8 Å². The molecule has 9 nitrogen and oxygen atoms in total. The molecule has 0 unspecified atom stereocenters. The first-order chi connectivity index (χ1) is 72.9. The van der Waals surface area contributed by atoms with E-state index in [0.29, 0.717) is 0 Å². The summed E-state index contributed by atoms with van der Waals surface area (Å²) in [6, 6.07) is 187. The van der Waals surface area contributed by atoms with E-state index in [9.17, 15) is 0 Å². The fourth-order valence-corrected chi connectivity index (χ4v) is 23.7. The van der Waals surface area contributed by atoms with Crippen molar-refractivity contribution in [1.82, 2.24) is 27.4 Å². The van der Waals surface area contributed by atoms with E-state index in [2.05, 4.69) is 531 Å². The number of nitrogens with zero attached hydrogens (tertiary/aromatic N) is 6. The molecule has 9 heterocycles. The number of furan rings is 3. The Hall–Kier alpha value is -19.7. The molecule has 9 heteroatoms. The van der Waals surface area contributed by atoms with E-state index in [1.807, 2.05) is 18.2 Å². The number of benzene rings is 23. The average molecular weight is 1880 g/mol. The van der Waals surface area contributed by atoms with E-state index in [1.165, 1.54) is 148 Å². The molecule has 0 bridgehead atoms. The van der Waals surface area contributed by atoms with E-state index in [1.54, 1.807) is 0 Å². The highest BCUT2D eigenvalue weighted by molar-refractivity contribution is 6.29. The molecule has 32 aromatic rings. The SMILES string of the molecule is c1ccc(-c2cc(-c3ccccc3)cc(-n3c4ccccc4c4cc5c6ccc7c8ccccc8oc7c6n(-c6ccccc6)c5cc43)c2)cc1.c1ccc(-c2ccc(-c3cccc(-n4c5ccccc5c5cc6c7ccc8c9ccccc9oc8c7n(-c7ccccc7)c6cc54)c3)cc2)cc1.c1ccc(-c2cccc(-n3c4ccccc4c4cc5c6ccc7c8ccccc8oc7c6n(-c6ccccc6)c5cc43)c2)cc1. The van der Waals surface area contributed by atoms with Gasteiger partial charge in [-0.3, -0.25) is 0 Å². The number of rotatable bonds is 11. The third kappa shape index (κ3) is 13.3. The van der Waals surface area contributed by atoms with Gasteiger partial charge in [-0.15, -0.1) is 0 Å². The normalized spacial score (nSPS) is 11.9. The van der Waals surface area contributed by atoms with Crippen LogP contribution in [0.4, 0.5) is 0 Å². The van der Waals surface area contributed by atoms with Crippen LogP contribution in [0.25, 0.3) is 286 Å². The lowest BCUT2D eigenvalue weighted by molar-refractivity contribution is 0.670. The molecular formula is C138H86N6O3. The van der Waals surface area contributed by atoms with Crippen LogP contribution >= 0.6 is 0 Å². The van der Waals surface area contributed by atoms with Crippen molar-refractivity contribution in [2.45, 2.75) is 0 Å². The number of fused-ring (bicyclic) bond motifs is 30. The molecule has 32 rings (SSSR count). The van der Waals surface area contributed by atoms with Gasteiger partial charge in [0.15, 0.2) is 16.7 Å². The zero-order valence-electron chi connectivity index (χ0n) is 79.6. The minimum Gasteiger partial charge on any atom is -0.454 e. The van der Waals surface area contributed by atoms with Crippen LogP contribution in [0.5, 0.6) is 0 Å². The average Bonchev–Trinajstić information content (AvgIpc) is 1.55. The van der Waals surface area contributed by atoms with Crippen molar-refractivity contribution in [1.29, 1.82) is 0 Å². The van der Waals surface area contributed by atoms with Gasteiger partial charge in [0.2, 0.25) is 0 Å². The van der Waals surface area contributed by atoms with Crippen molar-refractivity contribution >= 4 is 197 Å². The van der Waals surface area contributed by atoms with Crippen LogP contribution in [0.1, 0.15) is 0 Å². The van der Waals surface area contributed by atoms with E-state index in [4.69, 9.17) is 13.3 Å². The first kappa shape index (κ1) is 83.1. The van der Waals surface area contributed by atoms with Gasteiger partial charge >= 0.3 is 0 Å². The molecule has 0 saturated heterocycles. The first-order valence-electron chi connectivity index (χ1n) is 50.2. The number of hydrogen-bond acceptors (Lipinski definition) is 3. The van der Waals surface area contributed by atoms with Gasteiger partial charge in [0, 0.05) is 131 Å². The minimum atomic E-state index is 0.903. The summed E-state index contributed by atoms with van der Waals surface area (Å²) in [6.07, 6.45) is 0. The van der Waals surface area contributed by atoms with E-state index >= 15 is 0 Å². The molecule has 0 spiro atoms. The van der Waals surface area contributed by atoms with Crippen molar-refractivity contribution in [3.05, 3.63) is 522 Å². The Morgan fingerprint density at radius 2 is 0.333 bits per heavy atom. The molecule has 0 amide bonds. The van der Waals surface area contributed by atoms with Crippen LogP contribution in [0.3, 0.4) is 0 Å². The molecule has 147 heavy (non-hydrogen) atoms. The van der Waals surface area contributed by atoms with Gasteiger partial charge in [-0.25, -0.2) is 0 Å². The Morgan fingerprint density at radius 1 is 0.109 bits per heavy atom. The van der Waals surface area contributed by atoms with Crippen molar-refractivity contribution in [3.63, 3.8) is 0 Å². The largest absolute Gasteiger partial charge is 0.454 e. The van der Waals surface area contributed by atoms with Gasteiger partial charge in [0.1, 0.15) is 16.7 Å². The number of aromatic nitrogens is 6. The molecule has 0 fully saturated rings. The summed E-state index contributed by atoms with van der Waals surface area (Å²) in [7, 11) is 0. The fraction of sp³-hybridized carbons (Fsp3) is 0. The van der Waals surface area contributed by atoms with Crippen LogP contribution in [-0.2, 0) is 0 Å². The van der Waals surface area contributed by atoms with Crippen LogP contribution < -0.4 is 0 Å². The van der Waals surface area contributed by atoms with Gasteiger partial charge < -0.3 is 40.7 Å². The number of para-hydroxylation sites is 9. The molecule has 0 saturated carbocycles. The monoisotopic (exact) mass is 1870 g/mol. The predicted molar refractivity (Wildman–Crippen MR) is 614 cm³/mol. The summed E-state index contributed by atoms with van der Waals surface area (Å²) in [5.41, 5.74) is 38.0. The van der Waals surface area contributed by atoms with Gasteiger partial charge in [-0.2, -0.15) is 0 Å².